The fourth-order valence-corrected chi connectivity index (χ4v) is 10.2. The molecule has 496 valence electrons. The number of nitrogens with zero attached hydrogens (tertiary/aromatic N) is 1. The van der Waals surface area contributed by atoms with Crippen molar-refractivity contribution in [2.75, 3.05) is 32.8 Å². The number of amides is 10. The molecule has 1 aliphatic rings. The van der Waals surface area contributed by atoms with Gasteiger partial charge < -0.3 is 90.3 Å². The molecular weight excluding hydrogens is 1170 g/mol. The van der Waals surface area contributed by atoms with E-state index in [9.17, 15) is 72.9 Å². The van der Waals surface area contributed by atoms with Crippen molar-refractivity contribution < 1.29 is 72.9 Å². The molecular formula is C61H92N14O15. The van der Waals surface area contributed by atoms with Crippen LogP contribution in [0.25, 0.3) is 10.9 Å². The van der Waals surface area contributed by atoms with Gasteiger partial charge in [-0.05, 0) is 113 Å². The number of para-hydroxylation sites is 1. The number of likely N-dealkylation sites (tertiary alicyclic amines) is 1. The largest absolute Gasteiger partial charge is 0.481 e. The number of hydrogen-bond donors (Lipinski definition) is 16. The first kappa shape index (κ1) is 73.9. The molecule has 0 radical (unpaired) electrons. The van der Waals surface area contributed by atoms with Gasteiger partial charge in [-0.2, -0.15) is 0 Å². The van der Waals surface area contributed by atoms with E-state index in [0.29, 0.717) is 54.3 Å². The van der Waals surface area contributed by atoms with Crippen LogP contribution in [0.4, 0.5) is 0 Å². The lowest BCUT2D eigenvalue weighted by Crippen LogP contribution is -2.61. The lowest BCUT2D eigenvalue weighted by molar-refractivity contribution is -0.143. The van der Waals surface area contributed by atoms with E-state index in [2.05, 4.69) is 52.8 Å². The molecule has 0 saturated carbocycles. The van der Waals surface area contributed by atoms with Crippen LogP contribution in [-0.2, 0) is 70.4 Å². The molecule has 2 heterocycles. The van der Waals surface area contributed by atoms with Gasteiger partial charge in [0.05, 0.1) is 19.2 Å². The summed E-state index contributed by atoms with van der Waals surface area (Å²) in [6, 6.07) is 2.23. The predicted molar refractivity (Wildman–Crippen MR) is 331 cm³/mol. The number of benzene rings is 2. The average molecular weight is 1260 g/mol. The van der Waals surface area contributed by atoms with Gasteiger partial charge in [-0.15, -0.1) is 0 Å². The molecule has 1 aromatic heterocycles. The number of carboxylic acids is 2. The highest BCUT2D eigenvalue weighted by Gasteiger charge is 2.39. The van der Waals surface area contributed by atoms with Crippen molar-refractivity contribution in [2.24, 2.45) is 29.0 Å². The zero-order valence-electron chi connectivity index (χ0n) is 51.8. The highest BCUT2D eigenvalue weighted by molar-refractivity contribution is 5.99. The maximum absolute atomic E-state index is 14.9. The maximum atomic E-state index is 14.9. The predicted octanol–water partition coefficient (Wildman–Crippen LogP) is -1.81. The van der Waals surface area contributed by atoms with Crippen LogP contribution in [0.5, 0.6) is 0 Å². The fourth-order valence-electron chi connectivity index (χ4n) is 10.2. The molecule has 1 saturated heterocycles. The minimum Gasteiger partial charge on any atom is -0.481 e. The summed E-state index contributed by atoms with van der Waals surface area (Å²) in [5.74, 6) is -11.6. The molecule has 29 heteroatoms. The fraction of sp³-hybridized carbons (Fsp3) is 0.574. The van der Waals surface area contributed by atoms with Gasteiger partial charge in [0.25, 0.3) is 0 Å². The Kier molecular flexibility index (Phi) is 30.8. The molecule has 10 atom stereocenters. The second kappa shape index (κ2) is 37.5. The van der Waals surface area contributed by atoms with E-state index in [1.807, 2.05) is 0 Å². The van der Waals surface area contributed by atoms with Crippen molar-refractivity contribution in [3.05, 3.63) is 71.9 Å². The Morgan fingerprint density at radius 3 is 1.69 bits per heavy atom. The molecule has 1 fully saturated rings. The minimum absolute atomic E-state index is 0.00829. The third kappa shape index (κ3) is 23.8. The molecule has 0 aliphatic carbocycles. The van der Waals surface area contributed by atoms with Crippen LogP contribution >= 0.6 is 0 Å². The number of aliphatic hydroxyl groups is 1. The van der Waals surface area contributed by atoms with Gasteiger partial charge in [0.1, 0.15) is 54.4 Å². The molecule has 90 heavy (non-hydrogen) atoms. The Morgan fingerprint density at radius 2 is 1.12 bits per heavy atom. The monoisotopic (exact) mass is 1260 g/mol. The molecule has 19 N–H and O–H groups in total. The third-order valence-corrected chi connectivity index (χ3v) is 15.1. The van der Waals surface area contributed by atoms with Crippen molar-refractivity contribution in [1.82, 2.24) is 57.7 Å². The van der Waals surface area contributed by atoms with E-state index in [4.69, 9.17) is 17.2 Å². The van der Waals surface area contributed by atoms with Crippen LogP contribution in [0.1, 0.15) is 116 Å². The van der Waals surface area contributed by atoms with Crippen LogP contribution < -0.4 is 65.1 Å². The van der Waals surface area contributed by atoms with E-state index in [0.717, 1.165) is 0 Å². The van der Waals surface area contributed by atoms with E-state index in [1.54, 1.807) is 88.5 Å². The van der Waals surface area contributed by atoms with Crippen molar-refractivity contribution in [3.8, 4) is 0 Å². The molecule has 0 unspecified atom stereocenters. The van der Waals surface area contributed by atoms with Crippen LogP contribution in [-0.4, -0.2) is 189 Å². The Morgan fingerprint density at radius 1 is 0.600 bits per heavy atom. The van der Waals surface area contributed by atoms with Gasteiger partial charge in [0.2, 0.25) is 59.1 Å². The van der Waals surface area contributed by atoms with Gasteiger partial charge in [-0.3, -0.25) is 52.7 Å². The van der Waals surface area contributed by atoms with Crippen LogP contribution in [0.3, 0.4) is 0 Å². The quantitative estimate of drug-likeness (QED) is 0.0280. The van der Waals surface area contributed by atoms with Gasteiger partial charge in [0, 0.05) is 42.9 Å². The first-order chi connectivity index (χ1) is 42.8. The molecule has 1 aliphatic heterocycles. The first-order valence-electron chi connectivity index (χ1n) is 30.6. The number of carbonyl (C=O) groups excluding carboxylic acids is 10. The number of unbranched alkanes of at least 4 members (excludes halogenated alkanes) is 2. The van der Waals surface area contributed by atoms with E-state index >= 15 is 0 Å². The summed E-state index contributed by atoms with van der Waals surface area (Å²) in [6.07, 6.45) is 2.66. The van der Waals surface area contributed by atoms with Gasteiger partial charge in [0.15, 0.2) is 0 Å². The standard InChI is InChI=1S/C61H92N14O15/c1-34(2)28-44(52(80)66-32-49(77)67-41(20-11-13-25-62)55(83)74-51(35(3)4)61(89)90)70-58(86)47(33-76)73-56(84)45(29-37-16-7-6-8-17-37)71-57(85)46(30-38-31-65-40-19-10-9-18-39(38)40)72-53(81)42(21-12-14-26-63)68-54(82)43(23-24-50(78)79)69-59(87)48-22-15-27-75(48)60(88)36(5)64/h6-10,16-19,31,34-36,41-48,51,65,76H,11-15,20-30,32-33,62-64H2,1-5H3,(H,66,80)(H,67,77)(H,68,82)(H,69,87)(H,70,86)(H,71,85)(H,72,81)(H,73,84)(H,74,83)(H,78,79)(H,89,90)/t36-,41-,42-,43-,44-,45-,46-,47-,48-,51-/m0/s1. The number of nitrogens with two attached hydrogens (primary N) is 3. The molecule has 4 rings (SSSR count). The van der Waals surface area contributed by atoms with Crippen molar-refractivity contribution in [2.45, 2.75) is 179 Å². The number of nitrogens with one attached hydrogen (secondary N) is 10. The van der Waals surface area contributed by atoms with Crippen LogP contribution in [0.15, 0.2) is 60.8 Å². The molecule has 2 aromatic carbocycles. The Labute approximate surface area is 523 Å². The number of carboxylic acid groups (broad SMARTS) is 2. The Bertz CT molecular complexity index is 2920. The molecule has 29 nitrogen and oxygen atoms in total. The average Bonchev–Trinajstić information content (AvgIpc) is 1.98. The zero-order chi connectivity index (χ0) is 66.6. The lowest BCUT2D eigenvalue weighted by Gasteiger charge is -2.29. The number of rotatable bonds is 39. The van der Waals surface area contributed by atoms with Gasteiger partial charge in [-0.25, -0.2) is 4.79 Å². The van der Waals surface area contributed by atoms with Crippen molar-refractivity contribution >= 4 is 81.9 Å². The summed E-state index contributed by atoms with van der Waals surface area (Å²) in [4.78, 5) is 167. The zero-order valence-corrected chi connectivity index (χ0v) is 51.8. The number of aromatic nitrogens is 1. The summed E-state index contributed by atoms with van der Waals surface area (Å²) < 4.78 is 0. The second-order valence-electron chi connectivity index (χ2n) is 23.3. The second-order valence-corrected chi connectivity index (χ2v) is 23.3. The van der Waals surface area contributed by atoms with E-state index < -0.39 is 163 Å². The topological polar surface area (TPSA) is 471 Å². The van der Waals surface area contributed by atoms with Crippen molar-refractivity contribution in [1.29, 1.82) is 0 Å². The van der Waals surface area contributed by atoms with Crippen LogP contribution in [0, 0.1) is 11.8 Å². The Balaban J connectivity index is 1.60. The first-order valence-corrected chi connectivity index (χ1v) is 30.6. The normalized spacial score (nSPS) is 16.0. The number of aliphatic hydroxyl groups excluding tert-OH is 1. The summed E-state index contributed by atoms with van der Waals surface area (Å²) in [6.45, 7) is 7.26. The maximum Gasteiger partial charge on any atom is 0.326 e. The number of aliphatic carboxylic acids is 2. The number of aromatic amines is 1. The number of H-pyrrole nitrogens is 1. The summed E-state index contributed by atoms with van der Waals surface area (Å²) in [7, 11) is 0. The SMILES string of the molecule is CC(C)C[C@H](NC(=O)[C@H](CO)NC(=O)[C@H](Cc1ccccc1)NC(=O)[C@H](Cc1c[nH]c2ccccc12)NC(=O)[C@H](CCCCN)NC(=O)[C@H](CCC(=O)O)NC(=O)[C@@H]1CCCN1C(=O)[C@H](C)N)C(=O)NCC(=O)N[C@@H](CCCCN)C(=O)N[C@H](C(=O)O)C(C)C. The van der Waals surface area contributed by atoms with E-state index in [1.165, 1.54) is 11.8 Å². The van der Waals surface area contributed by atoms with Gasteiger partial charge in [-0.1, -0.05) is 76.2 Å². The molecule has 10 amide bonds. The van der Waals surface area contributed by atoms with Crippen molar-refractivity contribution in [3.63, 3.8) is 0 Å². The smallest absolute Gasteiger partial charge is 0.326 e. The number of carbonyl (C=O) groups is 12. The Hall–Kier alpha value is -8.54. The highest BCUT2D eigenvalue weighted by atomic mass is 16.4. The summed E-state index contributed by atoms with van der Waals surface area (Å²) in [5, 5.41) is 53.7. The van der Waals surface area contributed by atoms with Crippen LogP contribution in [0.2, 0.25) is 0 Å². The lowest BCUT2D eigenvalue weighted by atomic mass is 10.0. The minimum atomic E-state index is -1.73. The van der Waals surface area contributed by atoms with E-state index in [-0.39, 0.29) is 64.0 Å². The summed E-state index contributed by atoms with van der Waals surface area (Å²) >= 11 is 0. The molecule has 0 spiro atoms. The number of fused-ring (bicyclic) bond motifs is 1. The third-order valence-electron chi connectivity index (χ3n) is 15.1. The summed E-state index contributed by atoms with van der Waals surface area (Å²) in [5.41, 5.74) is 19.1. The highest BCUT2D eigenvalue weighted by Crippen LogP contribution is 2.21. The number of hydrogen-bond acceptors (Lipinski definition) is 16. The molecule has 3 aromatic rings. The molecule has 0 bridgehead atoms. The van der Waals surface area contributed by atoms with Gasteiger partial charge >= 0.3 is 11.9 Å².